The molecule has 2 rings (SSSR count). The van der Waals surface area contributed by atoms with E-state index in [-0.39, 0.29) is 12.3 Å². The van der Waals surface area contributed by atoms with Crippen molar-refractivity contribution in [2.24, 2.45) is 0 Å². The molecule has 1 amide bonds. The number of carbonyl (C=O) groups is 2. The normalized spacial score (nSPS) is 16.2. The van der Waals surface area contributed by atoms with Gasteiger partial charge >= 0.3 is 5.97 Å². The molecule has 0 unspecified atom stereocenters. The summed E-state index contributed by atoms with van der Waals surface area (Å²) in [6.07, 6.45) is 10.8. The van der Waals surface area contributed by atoms with Crippen LogP contribution in [0.4, 0.5) is 0 Å². The molecular formula is C19H22ClNO3. The molecule has 1 aliphatic carbocycles. The van der Waals surface area contributed by atoms with Gasteiger partial charge in [-0.05, 0) is 43.5 Å². The minimum atomic E-state index is -0.868. The van der Waals surface area contributed by atoms with Crippen molar-refractivity contribution in [3.05, 3.63) is 34.9 Å². The molecule has 24 heavy (non-hydrogen) atoms. The maximum absolute atomic E-state index is 13.0. The number of halogens is 1. The van der Waals surface area contributed by atoms with Gasteiger partial charge in [-0.2, -0.15) is 0 Å². The fraction of sp³-hybridized carbons (Fsp3) is 0.474. The van der Waals surface area contributed by atoms with E-state index in [4.69, 9.17) is 23.1 Å². The van der Waals surface area contributed by atoms with Gasteiger partial charge in [0, 0.05) is 23.6 Å². The van der Waals surface area contributed by atoms with Crippen molar-refractivity contribution >= 4 is 23.5 Å². The van der Waals surface area contributed by atoms with Gasteiger partial charge in [0.15, 0.2) is 0 Å². The van der Waals surface area contributed by atoms with E-state index >= 15 is 0 Å². The second-order valence-corrected chi connectivity index (χ2v) is 6.63. The molecule has 5 heteroatoms. The van der Waals surface area contributed by atoms with Gasteiger partial charge in [-0.25, -0.2) is 0 Å². The van der Waals surface area contributed by atoms with Gasteiger partial charge in [-0.15, -0.1) is 6.42 Å². The number of carbonyl (C=O) groups excluding carboxylic acids is 1. The molecule has 128 valence electrons. The number of rotatable bonds is 6. The van der Waals surface area contributed by atoms with Crippen molar-refractivity contribution < 1.29 is 14.7 Å². The highest BCUT2D eigenvalue weighted by Gasteiger charge is 2.39. The predicted molar refractivity (Wildman–Crippen MR) is 94.0 cm³/mol. The highest BCUT2D eigenvalue weighted by molar-refractivity contribution is 6.30. The average molecular weight is 348 g/mol. The van der Waals surface area contributed by atoms with E-state index < -0.39 is 11.5 Å². The number of aliphatic carboxylic acids is 1. The number of terminal acetylenes is 1. The Kier molecular flexibility index (Phi) is 6.28. The predicted octanol–water partition coefficient (Wildman–Crippen LogP) is 3.98. The lowest BCUT2D eigenvalue weighted by Gasteiger charge is -2.43. The summed E-state index contributed by atoms with van der Waals surface area (Å²) >= 11 is 5.90. The summed E-state index contributed by atoms with van der Waals surface area (Å²) in [5, 5.41) is 9.45. The number of amides is 1. The van der Waals surface area contributed by atoms with Crippen molar-refractivity contribution in [3.8, 4) is 12.3 Å². The summed E-state index contributed by atoms with van der Waals surface area (Å²) < 4.78 is 0. The van der Waals surface area contributed by atoms with Gasteiger partial charge in [0.1, 0.15) is 5.54 Å². The average Bonchev–Trinajstić information content (AvgIpc) is 2.59. The summed E-state index contributed by atoms with van der Waals surface area (Å²) in [4.78, 5) is 25.6. The van der Waals surface area contributed by atoms with E-state index in [2.05, 4.69) is 5.92 Å². The molecule has 1 fully saturated rings. The fourth-order valence-corrected chi connectivity index (χ4v) is 3.40. The lowest BCUT2D eigenvalue weighted by Crippen LogP contribution is -2.52. The Labute approximate surface area is 147 Å². The molecule has 1 aromatic rings. The molecule has 0 heterocycles. The van der Waals surface area contributed by atoms with Crippen LogP contribution >= 0.6 is 11.6 Å². The minimum Gasteiger partial charge on any atom is -0.481 e. The molecule has 0 aromatic heterocycles. The van der Waals surface area contributed by atoms with E-state index in [0.29, 0.717) is 23.6 Å². The fourth-order valence-electron chi connectivity index (χ4n) is 3.28. The second-order valence-electron chi connectivity index (χ2n) is 6.20. The first-order chi connectivity index (χ1) is 11.5. The molecule has 1 aromatic carbocycles. The molecule has 0 spiro atoms. The van der Waals surface area contributed by atoms with Gasteiger partial charge in [-0.3, -0.25) is 9.59 Å². The molecule has 1 N–H and O–H groups in total. The molecule has 0 saturated heterocycles. The standard InChI is InChI=1S/C19H22ClNO3/c1-2-19(12-4-3-5-13-19)21(14-6-7-17(22)23)18(24)15-8-10-16(20)11-9-15/h1,8-11H,3-7,12-14H2,(H,22,23). The lowest BCUT2D eigenvalue weighted by atomic mass is 9.80. The van der Waals surface area contributed by atoms with Gasteiger partial charge in [0.25, 0.3) is 5.91 Å². The SMILES string of the molecule is C#CC1(N(CCCC(=O)O)C(=O)c2ccc(Cl)cc2)CCCCC1. The van der Waals surface area contributed by atoms with Crippen LogP contribution in [0.1, 0.15) is 55.3 Å². The molecule has 0 aliphatic heterocycles. The van der Waals surface area contributed by atoms with Crippen LogP contribution < -0.4 is 0 Å². The Bertz CT molecular complexity index is 627. The summed E-state index contributed by atoms with van der Waals surface area (Å²) in [5.74, 6) is 1.83. The zero-order valence-electron chi connectivity index (χ0n) is 13.6. The largest absolute Gasteiger partial charge is 0.481 e. The third kappa shape index (κ3) is 4.30. The first-order valence-electron chi connectivity index (χ1n) is 8.25. The zero-order valence-corrected chi connectivity index (χ0v) is 14.4. The second kappa shape index (κ2) is 8.21. The van der Waals surface area contributed by atoms with Gasteiger partial charge in [0.05, 0.1) is 0 Å². The van der Waals surface area contributed by atoms with Gasteiger partial charge in [-0.1, -0.05) is 36.8 Å². The highest BCUT2D eigenvalue weighted by Crippen LogP contribution is 2.34. The number of carboxylic acid groups (broad SMARTS) is 1. The molecule has 0 radical (unpaired) electrons. The third-order valence-electron chi connectivity index (χ3n) is 4.57. The molecule has 1 saturated carbocycles. The topological polar surface area (TPSA) is 57.6 Å². The third-order valence-corrected chi connectivity index (χ3v) is 4.83. The Morgan fingerprint density at radius 3 is 2.38 bits per heavy atom. The molecule has 0 atom stereocenters. The number of carboxylic acids is 1. The smallest absolute Gasteiger partial charge is 0.303 e. The van der Waals surface area contributed by atoms with Crippen LogP contribution in [0, 0.1) is 12.3 Å². The van der Waals surface area contributed by atoms with Gasteiger partial charge < -0.3 is 10.0 Å². The van der Waals surface area contributed by atoms with Crippen LogP contribution in [0.5, 0.6) is 0 Å². The summed E-state index contributed by atoms with van der Waals surface area (Å²) in [6.45, 7) is 0.345. The Hall–Kier alpha value is -1.99. The quantitative estimate of drug-likeness (QED) is 0.792. The van der Waals surface area contributed by atoms with E-state index in [1.807, 2.05) is 0 Å². The summed E-state index contributed by atoms with van der Waals surface area (Å²) in [5.41, 5.74) is -0.0945. The van der Waals surface area contributed by atoms with Crippen LogP contribution in [-0.2, 0) is 4.79 Å². The Balaban J connectivity index is 2.27. The number of hydrogen-bond acceptors (Lipinski definition) is 2. The molecular weight excluding hydrogens is 326 g/mol. The van der Waals surface area contributed by atoms with Crippen LogP contribution in [0.3, 0.4) is 0 Å². The van der Waals surface area contributed by atoms with Crippen LogP contribution in [0.15, 0.2) is 24.3 Å². The van der Waals surface area contributed by atoms with E-state index in [9.17, 15) is 9.59 Å². The van der Waals surface area contributed by atoms with Crippen molar-refractivity contribution in [3.63, 3.8) is 0 Å². The van der Waals surface area contributed by atoms with Crippen LogP contribution in [0.2, 0.25) is 5.02 Å². The van der Waals surface area contributed by atoms with E-state index in [0.717, 1.165) is 32.1 Å². The van der Waals surface area contributed by atoms with Crippen molar-refractivity contribution in [1.82, 2.24) is 4.90 Å². The monoisotopic (exact) mass is 347 g/mol. The zero-order chi connectivity index (χ0) is 17.6. The first-order valence-corrected chi connectivity index (χ1v) is 8.63. The van der Waals surface area contributed by atoms with Crippen molar-refractivity contribution in [1.29, 1.82) is 0 Å². The molecule has 4 nitrogen and oxygen atoms in total. The number of benzene rings is 1. The Morgan fingerprint density at radius 1 is 1.21 bits per heavy atom. The minimum absolute atomic E-state index is 0.0189. The summed E-state index contributed by atoms with van der Waals surface area (Å²) in [6, 6.07) is 6.71. The lowest BCUT2D eigenvalue weighted by molar-refractivity contribution is -0.137. The number of nitrogens with zero attached hydrogens (tertiary/aromatic N) is 1. The maximum Gasteiger partial charge on any atom is 0.303 e. The van der Waals surface area contributed by atoms with Crippen molar-refractivity contribution in [2.45, 2.75) is 50.5 Å². The summed E-state index contributed by atoms with van der Waals surface area (Å²) in [7, 11) is 0. The molecule has 0 bridgehead atoms. The van der Waals surface area contributed by atoms with Crippen molar-refractivity contribution in [2.75, 3.05) is 6.54 Å². The Morgan fingerprint density at radius 2 is 1.83 bits per heavy atom. The van der Waals surface area contributed by atoms with E-state index in [1.54, 1.807) is 29.2 Å². The van der Waals surface area contributed by atoms with Crippen LogP contribution in [0.25, 0.3) is 0 Å². The number of hydrogen-bond donors (Lipinski definition) is 1. The molecule has 1 aliphatic rings. The first kappa shape index (κ1) is 18.4. The van der Waals surface area contributed by atoms with E-state index in [1.165, 1.54) is 0 Å². The maximum atomic E-state index is 13.0. The highest BCUT2D eigenvalue weighted by atomic mass is 35.5. The van der Waals surface area contributed by atoms with Crippen LogP contribution in [-0.4, -0.2) is 34.0 Å². The van der Waals surface area contributed by atoms with Gasteiger partial charge in [0.2, 0.25) is 0 Å².